The number of carbonyl (C=O) groups excluding carboxylic acids is 1. The summed E-state index contributed by atoms with van der Waals surface area (Å²) in [6.07, 6.45) is 4.25. The number of carbonyl (C=O) groups is 1. The van der Waals surface area contributed by atoms with E-state index >= 15 is 0 Å². The lowest BCUT2D eigenvalue weighted by molar-refractivity contribution is -0.134. The first-order valence-electron chi connectivity index (χ1n) is 7.15. The number of amides is 1. The Morgan fingerprint density at radius 3 is 2.37 bits per heavy atom. The summed E-state index contributed by atoms with van der Waals surface area (Å²) in [4.78, 5) is 13.6. The topological polar surface area (TPSA) is 32.3 Å². The van der Waals surface area contributed by atoms with Crippen LogP contribution in [0.1, 0.15) is 31.2 Å². The van der Waals surface area contributed by atoms with E-state index in [1.165, 1.54) is 5.56 Å². The summed E-state index contributed by atoms with van der Waals surface area (Å²) >= 11 is 0. The minimum absolute atomic E-state index is 0.241. The van der Waals surface area contributed by atoms with Crippen LogP contribution in [0.4, 0.5) is 0 Å². The first-order valence-corrected chi connectivity index (χ1v) is 7.15. The molecule has 0 unspecified atom stereocenters. The highest BCUT2D eigenvalue weighted by molar-refractivity contribution is 5.78. The fraction of sp³-hybridized carbons (Fsp3) is 0.562. The van der Waals surface area contributed by atoms with Gasteiger partial charge in [0.25, 0.3) is 0 Å². The Hall–Kier alpha value is -1.35. The van der Waals surface area contributed by atoms with Gasteiger partial charge < -0.3 is 10.2 Å². The summed E-state index contributed by atoms with van der Waals surface area (Å²) in [5, 5.41) is 3.60. The summed E-state index contributed by atoms with van der Waals surface area (Å²) < 4.78 is 0. The SMILES string of the molecule is CN(C)C(=O)C1CCC(NCc2ccccc2)CC1. The number of nitrogens with one attached hydrogen (secondary N) is 1. The standard InChI is InChI=1S/C16H24N2O/c1-18(2)16(19)14-8-10-15(11-9-14)17-12-13-6-4-3-5-7-13/h3-7,14-15,17H,8-12H2,1-2H3. The van der Waals surface area contributed by atoms with Crippen molar-refractivity contribution in [3.05, 3.63) is 35.9 Å². The third-order valence-corrected chi connectivity index (χ3v) is 3.95. The van der Waals surface area contributed by atoms with Gasteiger partial charge in [0.15, 0.2) is 0 Å². The Morgan fingerprint density at radius 2 is 1.79 bits per heavy atom. The van der Waals surface area contributed by atoms with E-state index in [1.54, 1.807) is 4.90 Å². The Balaban J connectivity index is 1.73. The van der Waals surface area contributed by atoms with Crippen molar-refractivity contribution in [1.82, 2.24) is 10.2 Å². The van der Waals surface area contributed by atoms with Gasteiger partial charge in [0.2, 0.25) is 5.91 Å². The molecule has 0 spiro atoms. The molecule has 0 radical (unpaired) electrons. The second-order valence-corrected chi connectivity index (χ2v) is 5.65. The Labute approximate surface area is 116 Å². The van der Waals surface area contributed by atoms with E-state index in [0.29, 0.717) is 11.9 Å². The maximum Gasteiger partial charge on any atom is 0.225 e. The van der Waals surface area contributed by atoms with Crippen LogP contribution in [0, 0.1) is 5.92 Å². The van der Waals surface area contributed by atoms with Crippen LogP contribution in [0.5, 0.6) is 0 Å². The van der Waals surface area contributed by atoms with E-state index in [2.05, 4.69) is 29.6 Å². The van der Waals surface area contributed by atoms with Gasteiger partial charge in [-0.3, -0.25) is 4.79 Å². The van der Waals surface area contributed by atoms with Crippen LogP contribution >= 0.6 is 0 Å². The molecule has 104 valence electrons. The fourth-order valence-electron chi connectivity index (χ4n) is 2.77. The van der Waals surface area contributed by atoms with E-state index in [9.17, 15) is 4.79 Å². The third kappa shape index (κ3) is 4.06. The van der Waals surface area contributed by atoms with Crippen LogP contribution in [0.2, 0.25) is 0 Å². The summed E-state index contributed by atoms with van der Waals surface area (Å²) in [6, 6.07) is 11.0. The van der Waals surface area contributed by atoms with Gasteiger partial charge in [-0.15, -0.1) is 0 Å². The van der Waals surface area contributed by atoms with Crippen molar-refractivity contribution in [2.45, 2.75) is 38.3 Å². The molecule has 1 N–H and O–H groups in total. The van der Waals surface area contributed by atoms with Gasteiger partial charge in [0.05, 0.1) is 0 Å². The Bertz CT molecular complexity index is 394. The van der Waals surface area contributed by atoms with Crippen molar-refractivity contribution < 1.29 is 4.79 Å². The van der Waals surface area contributed by atoms with E-state index in [4.69, 9.17) is 0 Å². The first-order chi connectivity index (χ1) is 9.16. The maximum absolute atomic E-state index is 11.9. The van der Waals surface area contributed by atoms with Crippen molar-refractivity contribution in [1.29, 1.82) is 0 Å². The molecule has 2 rings (SSSR count). The minimum Gasteiger partial charge on any atom is -0.349 e. The normalized spacial score (nSPS) is 23.1. The second-order valence-electron chi connectivity index (χ2n) is 5.65. The summed E-state index contributed by atoms with van der Waals surface area (Å²) in [5.41, 5.74) is 1.33. The van der Waals surface area contributed by atoms with Crippen LogP contribution in [0.3, 0.4) is 0 Å². The zero-order chi connectivity index (χ0) is 13.7. The average molecular weight is 260 g/mol. The van der Waals surface area contributed by atoms with Crippen molar-refractivity contribution in [3.63, 3.8) is 0 Å². The van der Waals surface area contributed by atoms with Crippen LogP contribution in [0.15, 0.2) is 30.3 Å². The quantitative estimate of drug-likeness (QED) is 0.901. The van der Waals surface area contributed by atoms with Crippen molar-refractivity contribution in [2.24, 2.45) is 5.92 Å². The monoisotopic (exact) mass is 260 g/mol. The van der Waals surface area contributed by atoms with Crippen LogP contribution in [0.25, 0.3) is 0 Å². The van der Waals surface area contributed by atoms with Crippen molar-refractivity contribution >= 4 is 5.91 Å². The van der Waals surface area contributed by atoms with Crippen LogP contribution in [-0.2, 0) is 11.3 Å². The molecule has 1 fully saturated rings. The molecule has 1 aliphatic rings. The molecule has 0 aromatic heterocycles. The van der Waals surface area contributed by atoms with Gasteiger partial charge in [0.1, 0.15) is 0 Å². The number of rotatable bonds is 4. The van der Waals surface area contributed by atoms with E-state index in [-0.39, 0.29) is 5.92 Å². The number of hydrogen-bond acceptors (Lipinski definition) is 2. The molecule has 1 amide bonds. The molecular weight excluding hydrogens is 236 g/mol. The molecule has 1 saturated carbocycles. The largest absolute Gasteiger partial charge is 0.349 e. The Kier molecular flexibility index (Phi) is 4.97. The predicted octanol–water partition coefficient (Wildman–Crippen LogP) is 2.42. The lowest BCUT2D eigenvalue weighted by Crippen LogP contribution is -2.37. The minimum atomic E-state index is 0.241. The lowest BCUT2D eigenvalue weighted by Gasteiger charge is -2.30. The van der Waals surface area contributed by atoms with Gasteiger partial charge in [-0.05, 0) is 31.2 Å². The summed E-state index contributed by atoms with van der Waals surface area (Å²) in [5.74, 6) is 0.534. The predicted molar refractivity (Wildman–Crippen MR) is 77.7 cm³/mol. The number of nitrogens with zero attached hydrogens (tertiary/aromatic N) is 1. The van der Waals surface area contributed by atoms with Crippen LogP contribution < -0.4 is 5.32 Å². The number of hydrogen-bond donors (Lipinski definition) is 1. The van der Waals surface area contributed by atoms with Crippen molar-refractivity contribution in [3.8, 4) is 0 Å². The molecule has 0 aliphatic heterocycles. The zero-order valence-electron chi connectivity index (χ0n) is 11.9. The second kappa shape index (κ2) is 6.71. The number of benzene rings is 1. The molecule has 1 aromatic rings. The molecule has 3 nitrogen and oxygen atoms in total. The molecule has 0 atom stereocenters. The maximum atomic E-state index is 11.9. The molecule has 1 aliphatic carbocycles. The van der Waals surface area contributed by atoms with Gasteiger partial charge in [0, 0.05) is 32.6 Å². The van der Waals surface area contributed by atoms with E-state index in [1.807, 2.05) is 20.2 Å². The summed E-state index contributed by atoms with van der Waals surface area (Å²) in [6.45, 7) is 0.928. The molecule has 3 heteroatoms. The summed E-state index contributed by atoms with van der Waals surface area (Å²) in [7, 11) is 3.70. The zero-order valence-corrected chi connectivity index (χ0v) is 11.9. The highest BCUT2D eigenvalue weighted by Crippen LogP contribution is 2.25. The third-order valence-electron chi connectivity index (χ3n) is 3.95. The molecule has 0 heterocycles. The smallest absolute Gasteiger partial charge is 0.225 e. The highest BCUT2D eigenvalue weighted by Gasteiger charge is 2.26. The Morgan fingerprint density at radius 1 is 1.16 bits per heavy atom. The molecule has 19 heavy (non-hydrogen) atoms. The molecular formula is C16H24N2O. The lowest BCUT2D eigenvalue weighted by atomic mass is 9.85. The van der Waals surface area contributed by atoms with Crippen LogP contribution in [-0.4, -0.2) is 30.9 Å². The van der Waals surface area contributed by atoms with Gasteiger partial charge >= 0.3 is 0 Å². The molecule has 0 bridgehead atoms. The molecule has 0 saturated heterocycles. The van der Waals surface area contributed by atoms with E-state index in [0.717, 1.165) is 32.2 Å². The molecule has 1 aromatic carbocycles. The van der Waals surface area contributed by atoms with E-state index < -0.39 is 0 Å². The van der Waals surface area contributed by atoms with Gasteiger partial charge in [-0.2, -0.15) is 0 Å². The van der Waals surface area contributed by atoms with Crippen molar-refractivity contribution in [2.75, 3.05) is 14.1 Å². The fourth-order valence-corrected chi connectivity index (χ4v) is 2.77. The van der Waals surface area contributed by atoms with Gasteiger partial charge in [-0.1, -0.05) is 30.3 Å². The first kappa shape index (κ1) is 14.1. The average Bonchev–Trinajstić information content (AvgIpc) is 2.46. The highest BCUT2D eigenvalue weighted by atomic mass is 16.2. The van der Waals surface area contributed by atoms with Gasteiger partial charge in [-0.25, -0.2) is 0 Å².